The summed E-state index contributed by atoms with van der Waals surface area (Å²) in [6.07, 6.45) is 13.8. The third-order valence-electron chi connectivity index (χ3n) is 5.12. The molecule has 1 unspecified atom stereocenters. The predicted octanol–water partition coefficient (Wildman–Crippen LogP) is 7.08. The van der Waals surface area contributed by atoms with Crippen LogP contribution < -0.4 is 10.6 Å². The van der Waals surface area contributed by atoms with Crippen LogP contribution in [0.2, 0.25) is 0 Å². The van der Waals surface area contributed by atoms with Crippen molar-refractivity contribution in [2.75, 3.05) is 11.9 Å². The molecular formula is C27H34N2. The molecule has 0 aromatic heterocycles. The fraction of sp³-hybridized carbons (Fsp3) is 0.259. The van der Waals surface area contributed by atoms with Crippen LogP contribution >= 0.6 is 0 Å². The minimum absolute atomic E-state index is 0.610. The highest BCUT2D eigenvalue weighted by molar-refractivity contribution is 5.69. The fourth-order valence-electron chi connectivity index (χ4n) is 2.95. The lowest BCUT2D eigenvalue weighted by Crippen LogP contribution is -2.16. The maximum absolute atomic E-state index is 4.23. The Morgan fingerprint density at radius 3 is 2.66 bits per heavy atom. The van der Waals surface area contributed by atoms with Crippen molar-refractivity contribution in [3.63, 3.8) is 0 Å². The first kappa shape index (κ1) is 22.3. The zero-order valence-corrected chi connectivity index (χ0v) is 18.3. The summed E-state index contributed by atoms with van der Waals surface area (Å²) >= 11 is 0. The molecule has 29 heavy (non-hydrogen) atoms. The van der Waals surface area contributed by atoms with E-state index in [0.717, 1.165) is 45.8 Å². The van der Waals surface area contributed by atoms with E-state index in [2.05, 4.69) is 93.6 Å². The molecule has 2 rings (SSSR count). The van der Waals surface area contributed by atoms with Gasteiger partial charge in [0, 0.05) is 23.6 Å². The van der Waals surface area contributed by atoms with Crippen LogP contribution in [0.25, 0.3) is 5.70 Å². The second-order valence-electron chi connectivity index (χ2n) is 7.68. The molecule has 0 bridgehead atoms. The molecule has 0 aliphatic heterocycles. The molecule has 1 atom stereocenters. The summed E-state index contributed by atoms with van der Waals surface area (Å²) in [5, 5.41) is 6.85. The van der Waals surface area contributed by atoms with Gasteiger partial charge in [-0.25, -0.2) is 0 Å². The minimum Gasteiger partial charge on any atom is -0.381 e. The van der Waals surface area contributed by atoms with Gasteiger partial charge in [0.1, 0.15) is 0 Å². The average molecular weight is 387 g/mol. The first-order valence-corrected chi connectivity index (χ1v) is 10.2. The van der Waals surface area contributed by atoms with Crippen molar-refractivity contribution < 1.29 is 0 Å². The first-order chi connectivity index (χ1) is 13.8. The molecule has 2 N–H and O–H groups in total. The first-order valence-electron chi connectivity index (χ1n) is 10.2. The van der Waals surface area contributed by atoms with E-state index in [9.17, 15) is 0 Å². The topological polar surface area (TPSA) is 24.1 Å². The zero-order valence-electron chi connectivity index (χ0n) is 18.3. The van der Waals surface area contributed by atoms with Crippen LogP contribution in [0.3, 0.4) is 0 Å². The van der Waals surface area contributed by atoms with E-state index in [1.165, 1.54) is 5.57 Å². The molecule has 0 fully saturated rings. The lowest BCUT2D eigenvalue weighted by atomic mass is 9.95. The standard InChI is InChI=1S/C27H34N2/c1-8-9-10-20(3)23(6)29-27-17-26(16-13-21(27)4)24(7)28-18-22(5)25-14-11-19(2)12-15-25/h8-11,13-17,19,28-29H,5-7,12,18H2,1-4H3/b9-8-,20-10+. The molecule has 0 saturated carbocycles. The van der Waals surface area contributed by atoms with Gasteiger partial charge < -0.3 is 10.6 Å². The SMILES string of the molecule is C=C(CNC(=C)c1ccc(C)c(NC(=C)/C(C)=C/C=C\C)c1)C1=CCC(C)C=C1. The van der Waals surface area contributed by atoms with Crippen molar-refractivity contribution in [2.45, 2.75) is 34.1 Å². The van der Waals surface area contributed by atoms with Gasteiger partial charge in [0.05, 0.1) is 0 Å². The molecule has 1 aromatic rings. The summed E-state index contributed by atoms with van der Waals surface area (Å²) in [6.45, 7) is 21.6. The summed E-state index contributed by atoms with van der Waals surface area (Å²) < 4.78 is 0. The van der Waals surface area contributed by atoms with Gasteiger partial charge in [-0.05, 0) is 67.0 Å². The molecule has 0 amide bonds. The van der Waals surface area contributed by atoms with E-state index >= 15 is 0 Å². The monoisotopic (exact) mass is 386 g/mol. The summed E-state index contributed by atoms with van der Waals surface area (Å²) in [5.41, 5.74) is 8.43. The average Bonchev–Trinajstić information content (AvgIpc) is 2.71. The van der Waals surface area contributed by atoms with E-state index in [1.807, 2.05) is 19.1 Å². The number of benzene rings is 1. The van der Waals surface area contributed by atoms with E-state index in [-0.39, 0.29) is 0 Å². The summed E-state index contributed by atoms with van der Waals surface area (Å²) in [4.78, 5) is 0. The van der Waals surface area contributed by atoms with Crippen molar-refractivity contribution in [3.8, 4) is 0 Å². The van der Waals surface area contributed by atoms with E-state index < -0.39 is 0 Å². The smallest absolute Gasteiger partial charge is 0.0420 e. The van der Waals surface area contributed by atoms with Crippen LogP contribution in [0.4, 0.5) is 5.69 Å². The summed E-state index contributed by atoms with van der Waals surface area (Å²) in [5.74, 6) is 0.610. The van der Waals surface area contributed by atoms with Crippen LogP contribution in [0.1, 0.15) is 38.3 Å². The number of allylic oxidation sites excluding steroid dienone is 7. The Kier molecular flexibility index (Phi) is 8.09. The molecule has 152 valence electrons. The number of hydrogen-bond donors (Lipinski definition) is 2. The normalized spacial score (nSPS) is 16.5. The van der Waals surface area contributed by atoms with Crippen molar-refractivity contribution in [1.29, 1.82) is 0 Å². The molecule has 0 heterocycles. The highest BCUT2D eigenvalue weighted by atomic mass is 14.9. The molecule has 0 saturated heterocycles. The summed E-state index contributed by atoms with van der Waals surface area (Å²) in [7, 11) is 0. The molecule has 0 radical (unpaired) electrons. The lowest BCUT2D eigenvalue weighted by molar-refractivity contribution is 0.731. The third kappa shape index (κ3) is 6.53. The molecule has 2 nitrogen and oxygen atoms in total. The van der Waals surface area contributed by atoms with Crippen molar-refractivity contribution >= 4 is 11.4 Å². The highest BCUT2D eigenvalue weighted by Gasteiger charge is 2.09. The highest BCUT2D eigenvalue weighted by Crippen LogP contribution is 2.24. The number of anilines is 1. The molecule has 2 heteroatoms. The molecular weight excluding hydrogens is 352 g/mol. The van der Waals surface area contributed by atoms with Crippen molar-refractivity contribution in [1.82, 2.24) is 5.32 Å². The fourth-order valence-corrected chi connectivity index (χ4v) is 2.95. The van der Waals surface area contributed by atoms with Gasteiger partial charge in [-0.1, -0.05) is 75.2 Å². The van der Waals surface area contributed by atoms with Crippen LogP contribution in [0.5, 0.6) is 0 Å². The summed E-state index contributed by atoms with van der Waals surface area (Å²) in [6, 6.07) is 6.31. The molecule has 1 aromatic carbocycles. The Morgan fingerprint density at radius 2 is 2.00 bits per heavy atom. The largest absolute Gasteiger partial charge is 0.381 e. The second-order valence-corrected chi connectivity index (χ2v) is 7.68. The zero-order chi connectivity index (χ0) is 21.4. The van der Waals surface area contributed by atoms with Crippen LogP contribution in [-0.2, 0) is 0 Å². The van der Waals surface area contributed by atoms with E-state index in [4.69, 9.17) is 0 Å². The maximum atomic E-state index is 4.23. The number of nitrogens with one attached hydrogen (secondary N) is 2. The van der Waals surface area contributed by atoms with E-state index in [1.54, 1.807) is 0 Å². The van der Waals surface area contributed by atoms with Gasteiger partial charge in [-0.3, -0.25) is 0 Å². The quantitative estimate of drug-likeness (QED) is 0.443. The Balaban J connectivity index is 2.02. The minimum atomic E-state index is 0.610. The molecule has 1 aliphatic carbocycles. The van der Waals surface area contributed by atoms with Gasteiger partial charge in [0.2, 0.25) is 0 Å². The van der Waals surface area contributed by atoms with E-state index in [0.29, 0.717) is 12.5 Å². The number of hydrogen-bond acceptors (Lipinski definition) is 2. The number of aryl methyl sites for hydroxylation is 1. The second kappa shape index (κ2) is 10.5. The van der Waals surface area contributed by atoms with Gasteiger partial charge in [-0.15, -0.1) is 0 Å². The van der Waals surface area contributed by atoms with Crippen LogP contribution in [-0.4, -0.2) is 6.54 Å². The predicted molar refractivity (Wildman–Crippen MR) is 130 cm³/mol. The van der Waals surface area contributed by atoms with Gasteiger partial charge in [-0.2, -0.15) is 0 Å². The molecule has 0 spiro atoms. The Hall–Kier alpha value is -3.00. The Morgan fingerprint density at radius 1 is 1.24 bits per heavy atom. The van der Waals surface area contributed by atoms with Crippen LogP contribution in [0.15, 0.2) is 96.8 Å². The van der Waals surface area contributed by atoms with Crippen molar-refractivity contribution in [2.24, 2.45) is 5.92 Å². The third-order valence-corrected chi connectivity index (χ3v) is 5.12. The Labute approximate surface area is 176 Å². The number of rotatable bonds is 9. The lowest BCUT2D eigenvalue weighted by Gasteiger charge is -2.18. The maximum Gasteiger partial charge on any atom is 0.0420 e. The van der Waals surface area contributed by atoms with Crippen LogP contribution in [0, 0.1) is 12.8 Å². The van der Waals surface area contributed by atoms with Crippen molar-refractivity contribution in [3.05, 3.63) is 108 Å². The Bertz CT molecular complexity index is 906. The molecule has 1 aliphatic rings. The van der Waals surface area contributed by atoms with Gasteiger partial charge in [0.15, 0.2) is 0 Å². The van der Waals surface area contributed by atoms with Gasteiger partial charge >= 0.3 is 0 Å². The van der Waals surface area contributed by atoms with Gasteiger partial charge in [0.25, 0.3) is 0 Å².